The van der Waals surface area contributed by atoms with Gasteiger partial charge in [-0.05, 0) is 32.2 Å². The summed E-state index contributed by atoms with van der Waals surface area (Å²) >= 11 is 1.51. The van der Waals surface area contributed by atoms with E-state index in [0.717, 1.165) is 9.91 Å². The van der Waals surface area contributed by atoms with Gasteiger partial charge in [0.05, 0.1) is 18.0 Å². The van der Waals surface area contributed by atoms with Gasteiger partial charge in [0.25, 0.3) is 11.8 Å². The minimum atomic E-state index is -0.438. The van der Waals surface area contributed by atoms with Crippen molar-refractivity contribution in [3.05, 3.63) is 54.9 Å². The maximum Gasteiger partial charge on any atom is 0.275 e. The van der Waals surface area contributed by atoms with Gasteiger partial charge in [-0.1, -0.05) is 39.8 Å². The maximum atomic E-state index is 12.2. The zero-order valence-electron chi connectivity index (χ0n) is 20.3. The van der Waals surface area contributed by atoms with Crippen molar-refractivity contribution in [3.8, 4) is 5.75 Å². The number of carbonyl (C=O) groups is 2. The molecule has 3 rings (SSSR count). The summed E-state index contributed by atoms with van der Waals surface area (Å²) in [6, 6.07) is 5.44. The van der Waals surface area contributed by atoms with Crippen LogP contribution in [0.4, 0.5) is 5.82 Å². The quantitative estimate of drug-likeness (QED) is 0.444. The van der Waals surface area contributed by atoms with E-state index in [9.17, 15) is 9.59 Å². The number of methoxy groups -OCH3 is 1. The molecule has 7 nitrogen and oxygen atoms in total. The molecular formula is C24H34N4O3S. The second-order valence-corrected chi connectivity index (χ2v) is 6.37. The number of nitrogens with one attached hydrogen (secondary N) is 1. The Balaban J connectivity index is 0.00000148. The highest BCUT2D eigenvalue weighted by Crippen LogP contribution is 2.33. The van der Waals surface area contributed by atoms with Crippen LogP contribution in [-0.4, -0.2) is 40.2 Å². The zero-order chi connectivity index (χ0) is 24.8. The number of nitrogens with zero attached hydrogens (tertiary/aromatic N) is 3. The molecule has 2 heterocycles. The summed E-state index contributed by atoms with van der Waals surface area (Å²) in [5.74, 6) is 0.542. The molecule has 1 aliphatic heterocycles. The van der Waals surface area contributed by atoms with Gasteiger partial charge in [0.15, 0.2) is 11.6 Å². The van der Waals surface area contributed by atoms with Crippen LogP contribution >= 0.6 is 11.8 Å². The number of benzene rings is 1. The molecule has 1 aliphatic rings. The highest BCUT2D eigenvalue weighted by atomic mass is 32.2. The fraction of sp³-hybridized carbons (Fsp3) is 0.333. The predicted molar refractivity (Wildman–Crippen MR) is 136 cm³/mol. The fourth-order valence-electron chi connectivity index (χ4n) is 2.65. The molecule has 0 radical (unpaired) electrons. The number of allylic oxidation sites excluding steroid dienone is 1. The molecule has 0 saturated carbocycles. The minimum absolute atomic E-state index is 0.334. The van der Waals surface area contributed by atoms with Gasteiger partial charge in [-0.3, -0.25) is 15.0 Å². The molecule has 32 heavy (non-hydrogen) atoms. The summed E-state index contributed by atoms with van der Waals surface area (Å²) in [6.45, 7) is 17.5. The van der Waals surface area contributed by atoms with Crippen molar-refractivity contribution in [2.45, 2.75) is 41.5 Å². The van der Waals surface area contributed by atoms with E-state index >= 15 is 0 Å². The fourth-order valence-corrected chi connectivity index (χ4v) is 3.16. The average Bonchev–Trinajstić information content (AvgIpc) is 3.09. The SMILES string of the molecule is C/C=C(\SC)c1nc(NN2C(=O)C=C(C)C2=O)c2c(OC)cccc2n1.C=C.CC.CC. The highest BCUT2D eigenvalue weighted by molar-refractivity contribution is 8.07. The monoisotopic (exact) mass is 458 g/mol. The Morgan fingerprint density at radius 3 is 2.25 bits per heavy atom. The smallest absolute Gasteiger partial charge is 0.275 e. The van der Waals surface area contributed by atoms with E-state index in [2.05, 4.69) is 28.6 Å². The molecule has 1 aromatic heterocycles. The molecule has 174 valence electrons. The Bertz CT molecular complexity index is 987. The highest BCUT2D eigenvalue weighted by Gasteiger charge is 2.30. The number of hydrogen-bond acceptors (Lipinski definition) is 7. The van der Waals surface area contributed by atoms with Crippen molar-refractivity contribution in [1.29, 1.82) is 0 Å². The summed E-state index contributed by atoms with van der Waals surface area (Å²) in [5, 5.41) is 1.54. The Labute approximate surface area is 195 Å². The molecule has 8 heteroatoms. The Hall–Kier alpha value is -3.13. The lowest BCUT2D eigenvalue weighted by Gasteiger charge is -2.19. The van der Waals surface area contributed by atoms with Crippen molar-refractivity contribution in [3.63, 3.8) is 0 Å². The molecule has 0 fully saturated rings. The number of fused-ring (bicyclic) bond motifs is 1. The van der Waals surface area contributed by atoms with Crippen LogP contribution < -0.4 is 10.2 Å². The molecule has 2 amide bonds. The molecule has 0 aliphatic carbocycles. The number of ether oxygens (including phenoxy) is 1. The van der Waals surface area contributed by atoms with Crippen molar-refractivity contribution in [2.75, 3.05) is 18.8 Å². The number of rotatable bonds is 5. The van der Waals surface area contributed by atoms with Crippen molar-refractivity contribution >= 4 is 45.2 Å². The lowest BCUT2D eigenvalue weighted by Crippen LogP contribution is -2.36. The van der Waals surface area contributed by atoms with Gasteiger partial charge in [-0.25, -0.2) is 9.97 Å². The van der Waals surface area contributed by atoms with Gasteiger partial charge < -0.3 is 4.74 Å². The van der Waals surface area contributed by atoms with Crippen LogP contribution in [0.3, 0.4) is 0 Å². The van der Waals surface area contributed by atoms with Crippen LogP contribution in [0.5, 0.6) is 5.75 Å². The third-order valence-electron chi connectivity index (χ3n) is 3.93. The van der Waals surface area contributed by atoms with E-state index in [0.29, 0.717) is 33.9 Å². The van der Waals surface area contributed by atoms with Gasteiger partial charge in [-0.2, -0.15) is 5.01 Å². The van der Waals surface area contributed by atoms with E-state index in [1.807, 2.05) is 59.1 Å². The molecule has 0 spiro atoms. The topological polar surface area (TPSA) is 84.4 Å². The van der Waals surface area contributed by atoms with E-state index in [1.54, 1.807) is 20.1 Å². The number of anilines is 1. The molecule has 1 N–H and O–H groups in total. The number of hydrogen-bond donors (Lipinski definition) is 1. The average molecular weight is 459 g/mol. The predicted octanol–water partition coefficient (Wildman–Crippen LogP) is 5.86. The van der Waals surface area contributed by atoms with Crippen molar-refractivity contribution < 1.29 is 14.3 Å². The van der Waals surface area contributed by atoms with E-state index in [-0.39, 0.29) is 0 Å². The molecule has 0 unspecified atom stereocenters. The van der Waals surface area contributed by atoms with Gasteiger partial charge in [0.2, 0.25) is 0 Å². The second kappa shape index (κ2) is 14.8. The zero-order valence-corrected chi connectivity index (χ0v) is 21.1. The van der Waals surface area contributed by atoms with E-state index < -0.39 is 11.8 Å². The third-order valence-corrected chi connectivity index (χ3v) is 4.78. The lowest BCUT2D eigenvalue weighted by molar-refractivity contribution is -0.135. The molecule has 0 saturated heterocycles. The number of carbonyl (C=O) groups excluding carboxylic acids is 2. The van der Waals surface area contributed by atoms with Gasteiger partial charge in [0.1, 0.15) is 5.75 Å². The first-order valence-electron chi connectivity index (χ1n) is 10.4. The van der Waals surface area contributed by atoms with Crippen LogP contribution in [0.25, 0.3) is 15.8 Å². The maximum absolute atomic E-state index is 12.2. The number of hydrazine groups is 1. The Morgan fingerprint density at radius 1 is 1.16 bits per heavy atom. The van der Waals surface area contributed by atoms with Crippen molar-refractivity contribution in [1.82, 2.24) is 15.0 Å². The second-order valence-electron chi connectivity index (χ2n) is 5.53. The first kappa shape index (κ1) is 28.9. The Kier molecular flexibility index (Phi) is 13.4. The number of amides is 2. The third kappa shape index (κ3) is 6.43. The summed E-state index contributed by atoms with van der Waals surface area (Å²) < 4.78 is 5.42. The number of aromatic nitrogens is 2. The standard InChI is InChI=1S/C18H18N4O3S.2C2H6.C2H4/c1-5-13(26-4)16-19-11-7-6-8-12(25-3)15(11)17(20-16)21-22-14(23)9-10(2)18(22)24;3*1-2/h5-9H,1-4H3,(H,19,20,21);2*1-2H3;1-2H2/b13-5-;;;. The molecule has 0 bridgehead atoms. The normalized spacial score (nSPS) is 12.6. The van der Waals surface area contributed by atoms with Gasteiger partial charge >= 0.3 is 0 Å². The number of imide groups is 1. The molecule has 1 aromatic carbocycles. The Morgan fingerprint density at radius 2 is 1.78 bits per heavy atom. The number of thioether (sulfide) groups is 1. The first-order chi connectivity index (χ1) is 15.5. The van der Waals surface area contributed by atoms with E-state index in [1.165, 1.54) is 17.8 Å². The lowest BCUT2D eigenvalue weighted by atomic mass is 10.2. The largest absolute Gasteiger partial charge is 0.496 e. The van der Waals surface area contributed by atoms with Crippen LogP contribution in [0.15, 0.2) is 49.1 Å². The molecule has 0 atom stereocenters. The first-order valence-corrected chi connectivity index (χ1v) is 11.6. The van der Waals surface area contributed by atoms with Gasteiger partial charge in [0, 0.05) is 16.6 Å². The van der Waals surface area contributed by atoms with Gasteiger partial charge in [-0.15, -0.1) is 24.9 Å². The van der Waals surface area contributed by atoms with E-state index in [4.69, 9.17) is 4.74 Å². The summed E-state index contributed by atoms with van der Waals surface area (Å²) in [6.07, 6.45) is 5.13. The summed E-state index contributed by atoms with van der Waals surface area (Å²) in [5.41, 5.74) is 3.86. The van der Waals surface area contributed by atoms with Crippen LogP contribution in [0.1, 0.15) is 47.4 Å². The molecule has 2 aromatic rings. The van der Waals surface area contributed by atoms with Crippen LogP contribution in [0.2, 0.25) is 0 Å². The minimum Gasteiger partial charge on any atom is -0.496 e. The van der Waals surface area contributed by atoms with Crippen LogP contribution in [0, 0.1) is 0 Å². The van der Waals surface area contributed by atoms with Crippen molar-refractivity contribution in [2.24, 2.45) is 0 Å². The molecular weight excluding hydrogens is 424 g/mol. The summed E-state index contributed by atoms with van der Waals surface area (Å²) in [4.78, 5) is 34.3. The summed E-state index contributed by atoms with van der Waals surface area (Å²) in [7, 11) is 1.55. The van der Waals surface area contributed by atoms with Crippen LogP contribution in [-0.2, 0) is 9.59 Å².